The molecule has 2 heteroatoms. The number of pyridine rings is 2. The molecular formula is C60H40N2. The quantitative estimate of drug-likeness (QED) is 0.166. The molecule has 0 fully saturated rings. The highest BCUT2D eigenvalue weighted by Gasteiger charge is 2.24. The van der Waals surface area contributed by atoms with Crippen LogP contribution in [0.4, 0.5) is 0 Å². The number of aromatic nitrogens is 2. The Bertz CT molecular complexity index is 3240. The van der Waals surface area contributed by atoms with Gasteiger partial charge >= 0.3 is 0 Å². The minimum Gasteiger partial charge on any atom is -0.255 e. The molecule has 0 bridgehead atoms. The van der Waals surface area contributed by atoms with Crippen molar-refractivity contribution in [2.75, 3.05) is 0 Å². The van der Waals surface area contributed by atoms with Crippen LogP contribution in [0.15, 0.2) is 134 Å². The number of hydrogen-bond acceptors (Lipinski definition) is 2. The van der Waals surface area contributed by atoms with E-state index >= 15 is 0 Å². The number of rotatable bonds is 4. The Balaban J connectivity index is 0.914. The molecule has 0 aliphatic heterocycles. The van der Waals surface area contributed by atoms with Crippen molar-refractivity contribution in [3.8, 4) is 116 Å². The van der Waals surface area contributed by atoms with Crippen molar-refractivity contribution < 1.29 is 0 Å². The van der Waals surface area contributed by atoms with E-state index in [1.165, 1.54) is 50.1 Å². The summed E-state index contributed by atoms with van der Waals surface area (Å²) in [5.74, 6) is 35.2. The largest absolute Gasteiger partial charge is 0.255 e. The number of fused-ring (bicyclic) bond motifs is 2. The first-order valence-corrected chi connectivity index (χ1v) is 21.1. The predicted octanol–water partition coefficient (Wildman–Crippen LogP) is 11.6. The van der Waals surface area contributed by atoms with E-state index in [-0.39, 0.29) is 0 Å². The molecule has 0 amide bonds. The number of hydrogen-bond donors (Lipinski definition) is 0. The molecule has 9 rings (SSSR count). The van der Waals surface area contributed by atoms with E-state index in [0.29, 0.717) is 0 Å². The van der Waals surface area contributed by atoms with Gasteiger partial charge in [0.2, 0.25) is 0 Å². The van der Waals surface area contributed by atoms with Gasteiger partial charge in [0, 0.05) is 62.5 Å². The second kappa shape index (κ2) is 18.4. The SMILES string of the molecule is CC#CC#CC#CC#Cc1ccc(C#Cc2ccc(-c3cnc(-c4cccc(-c5ncc(-c6ccc(C#Cc7ccc(C)cc7)cc6)c6c5CCC6)c4)c4c3CCC4)cc2)cc1. The Kier molecular flexibility index (Phi) is 11.6. The van der Waals surface area contributed by atoms with E-state index in [9.17, 15) is 0 Å². The van der Waals surface area contributed by atoms with Gasteiger partial charge in [-0.25, -0.2) is 0 Å². The summed E-state index contributed by atoms with van der Waals surface area (Å²) in [5.41, 5.74) is 20.9. The normalized spacial score (nSPS) is 11.5. The Morgan fingerprint density at radius 2 is 0.774 bits per heavy atom. The van der Waals surface area contributed by atoms with Gasteiger partial charge in [-0.15, -0.1) is 0 Å². The van der Waals surface area contributed by atoms with Crippen molar-refractivity contribution in [3.05, 3.63) is 189 Å². The summed E-state index contributed by atoms with van der Waals surface area (Å²) in [5, 5.41) is 0. The lowest BCUT2D eigenvalue weighted by molar-refractivity contribution is 0.912. The summed E-state index contributed by atoms with van der Waals surface area (Å²) in [4.78, 5) is 10.3. The summed E-state index contributed by atoms with van der Waals surface area (Å²) in [6.45, 7) is 3.83. The topological polar surface area (TPSA) is 25.8 Å². The zero-order valence-corrected chi connectivity index (χ0v) is 34.8. The molecule has 0 atom stereocenters. The van der Waals surface area contributed by atoms with Gasteiger partial charge in [-0.3, -0.25) is 9.97 Å². The predicted molar refractivity (Wildman–Crippen MR) is 253 cm³/mol. The Labute approximate surface area is 365 Å². The summed E-state index contributed by atoms with van der Waals surface area (Å²) < 4.78 is 0. The first-order valence-electron chi connectivity index (χ1n) is 21.1. The first-order chi connectivity index (χ1) is 30.6. The van der Waals surface area contributed by atoms with Crippen LogP contribution in [-0.2, 0) is 25.7 Å². The maximum absolute atomic E-state index is 5.16. The Morgan fingerprint density at radius 3 is 1.24 bits per heavy atom. The standard InChI is InChI=1S/C60H40N2/c1-3-4-5-6-7-8-9-13-44-24-26-46(27-25-44)29-31-48-34-38-50(39-35-48)58-42-62-60(56-19-12-17-54(56)58)52-15-10-14-51(40-52)59-55-18-11-16-53(55)57(41-61-59)49-36-32-47(33-37-49)30-28-45-22-20-43(2)21-23-45/h10,14-15,20-27,32-42H,11-12,16-19H2,1-2H3. The van der Waals surface area contributed by atoms with Gasteiger partial charge in [0.05, 0.1) is 11.4 Å². The van der Waals surface area contributed by atoms with Crippen molar-refractivity contribution >= 4 is 0 Å². The van der Waals surface area contributed by atoms with Gasteiger partial charge in [-0.2, -0.15) is 0 Å². The molecule has 0 spiro atoms. The van der Waals surface area contributed by atoms with Crippen LogP contribution >= 0.6 is 0 Å². The van der Waals surface area contributed by atoms with Crippen molar-refractivity contribution in [1.29, 1.82) is 0 Å². The van der Waals surface area contributed by atoms with Gasteiger partial charge in [-0.05, 0) is 188 Å². The van der Waals surface area contributed by atoms with E-state index in [0.717, 1.165) is 88.9 Å². The van der Waals surface area contributed by atoms with Crippen LogP contribution in [0, 0.1) is 78.0 Å². The molecule has 5 aromatic carbocycles. The van der Waals surface area contributed by atoms with Crippen LogP contribution in [0.2, 0.25) is 0 Å². The summed E-state index contributed by atoms with van der Waals surface area (Å²) in [6.07, 6.45) is 10.6. The van der Waals surface area contributed by atoms with Crippen molar-refractivity contribution in [3.63, 3.8) is 0 Å². The van der Waals surface area contributed by atoms with E-state index in [2.05, 4.69) is 187 Å². The fourth-order valence-electron chi connectivity index (χ4n) is 8.30. The van der Waals surface area contributed by atoms with Gasteiger partial charge in [0.25, 0.3) is 0 Å². The first kappa shape index (κ1) is 39.2. The molecule has 0 unspecified atom stereocenters. The monoisotopic (exact) mass is 788 g/mol. The fraction of sp³-hybridized carbons (Fsp3) is 0.133. The Morgan fingerprint density at radius 1 is 0.387 bits per heavy atom. The van der Waals surface area contributed by atoms with Crippen LogP contribution in [-0.4, -0.2) is 9.97 Å². The molecule has 2 aromatic heterocycles. The molecule has 0 saturated heterocycles. The second-order valence-electron chi connectivity index (χ2n) is 15.5. The third kappa shape index (κ3) is 8.85. The number of nitrogens with zero attached hydrogens (tertiary/aromatic N) is 2. The minimum atomic E-state index is 0.875. The van der Waals surface area contributed by atoms with Crippen molar-refractivity contribution in [1.82, 2.24) is 9.97 Å². The minimum absolute atomic E-state index is 0.875. The Hall–Kier alpha value is -8.24. The van der Waals surface area contributed by atoms with E-state index in [4.69, 9.17) is 9.97 Å². The van der Waals surface area contributed by atoms with Gasteiger partial charge in [0.1, 0.15) is 0 Å². The average Bonchev–Trinajstić information content (AvgIpc) is 4.03. The molecule has 0 saturated carbocycles. The highest BCUT2D eigenvalue weighted by Crippen LogP contribution is 2.40. The van der Waals surface area contributed by atoms with E-state index in [1.807, 2.05) is 24.3 Å². The van der Waals surface area contributed by atoms with Crippen LogP contribution in [0.25, 0.3) is 44.8 Å². The molecular weight excluding hydrogens is 749 g/mol. The maximum Gasteiger partial charge on any atom is 0.0737 e. The molecule has 0 N–H and O–H groups in total. The van der Waals surface area contributed by atoms with Crippen LogP contribution in [0.5, 0.6) is 0 Å². The lowest BCUT2D eigenvalue weighted by Gasteiger charge is -2.15. The van der Waals surface area contributed by atoms with Crippen LogP contribution < -0.4 is 0 Å². The molecule has 2 aliphatic carbocycles. The molecule has 62 heavy (non-hydrogen) atoms. The number of aryl methyl sites for hydroxylation is 1. The lowest BCUT2D eigenvalue weighted by atomic mass is 9.92. The van der Waals surface area contributed by atoms with Crippen molar-refractivity contribution in [2.24, 2.45) is 0 Å². The molecule has 0 radical (unpaired) electrons. The zero-order valence-electron chi connectivity index (χ0n) is 34.8. The highest BCUT2D eigenvalue weighted by molar-refractivity contribution is 5.80. The lowest BCUT2D eigenvalue weighted by Crippen LogP contribution is -1.98. The molecule has 2 nitrogen and oxygen atoms in total. The van der Waals surface area contributed by atoms with E-state index in [1.54, 1.807) is 6.92 Å². The summed E-state index contributed by atoms with van der Waals surface area (Å²) >= 11 is 0. The van der Waals surface area contributed by atoms with Crippen molar-refractivity contribution in [2.45, 2.75) is 52.4 Å². The van der Waals surface area contributed by atoms with Gasteiger partial charge < -0.3 is 0 Å². The number of benzene rings is 5. The highest BCUT2D eigenvalue weighted by atomic mass is 14.7. The summed E-state index contributed by atoms with van der Waals surface area (Å²) in [7, 11) is 0. The third-order valence-electron chi connectivity index (χ3n) is 11.4. The second-order valence-corrected chi connectivity index (χ2v) is 15.5. The average molecular weight is 789 g/mol. The molecule has 2 aliphatic rings. The molecule has 7 aromatic rings. The fourth-order valence-corrected chi connectivity index (χ4v) is 8.30. The van der Waals surface area contributed by atoms with E-state index < -0.39 is 0 Å². The van der Waals surface area contributed by atoms with Gasteiger partial charge in [0.15, 0.2) is 0 Å². The third-order valence-corrected chi connectivity index (χ3v) is 11.4. The smallest absolute Gasteiger partial charge is 0.0737 e. The van der Waals surface area contributed by atoms with Crippen LogP contribution in [0.1, 0.15) is 75.4 Å². The summed E-state index contributed by atoms with van der Waals surface area (Å²) in [6, 6.07) is 42.2. The van der Waals surface area contributed by atoms with Crippen LogP contribution in [0.3, 0.4) is 0 Å². The molecule has 290 valence electrons. The van der Waals surface area contributed by atoms with Gasteiger partial charge in [-0.1, -0.05) is 95.7 Å². The zero-order chi connectivity index (χ0) is 42.1. The maximum atomic E-state index is 5.16. The molecule has 2 heterocycles.